The van der Waals surface area contributed by atoms with Gasteiger partial charge in [-0.05, 0) is 19.3 Å². The predicted molar refractivity (Wildman–Crippen MR) is 72.5 cm³/mol. The van der Waals surface area contributed by atoms with Gasteiger partial charge in [-0.3, -0.25) is 4.79 Å². The molecule has 0 fully saturated rings. The molecule has 17 heavy (non-hydrogen) atoms. The Kier molecular flexibility index (Phi) is 12.0. The lowest BCUT2D eigenvalue weighted by molar-refractivity contribution is -0.125. The van der Waals surface area contributed by atoms with Crippen LogP contribution in [-0.2, 0) is 9.53 Å². The summed E-state index contributed by atoms with van der Waals surface area (Å²) in [6.45, 7) is 6.18. The van der Waals surface area contributed by atoms with Gasteiger partial charge in [0.1, 0.15) is 0 Å². The van der Waals surface area contributed by atoms with Gasteiger partial charge in [-0.1, -0.05) is 26.7 Å². The molecule has 1 atom stereocenters. The van der Waals surface area contributed by atoms with Crippen LogP contribution in [0, 0.1) is 5.92 Å². The zero-order valence-corrected chi connectivity index (χ0v) is 11.9. The highest BCUT2D eigenvalue weighted by atomic mass is 35.5. The standard InChI is InChI=1S/C13H26ClNO2/c1-3-5-7-12(4-2)13(16)15-9-6-10-17-11-8-14/h12H,3-11H2,1-2H3,(H,15,16). The van der Waals surface area contributed by atoms with Crippen molar-refractivity contribution in [2.75, 3.05) is 25.6 Å². The largest absolute Gasteiger partial charge is 0.380 e. The Morgan fingerprint density at radius 1 is 1.29 bits per heavy atom. The van der Waals surface area contributed by atoms with Gasteiger partial charge in [0.15, 0.2) is 0 Å². The molecule has 0 radical (unpaired) electrons. The highest BCUT2D eigenvalue weighted by Crippen LogP contribution is 2.12. The third-order valence-electron chi connectivity index (χ3n) is 2.76. The number of hydrogen-bond donors (Lipinski definition) is 1. The Balaban J connectivity index is 3.54. The quantitative estimate of drug-likeness (QED) is 0.460. The molecule has 102 valence electrons. The number of carbonyl (C=O) groups is 1. The number of rotatable bonds is 11. The summed E-state index contributed by atoms with van der Waals surface area (Å²) in [5, 5.41) is 2.97. The second-order valence-corrected chi connectivity index (χ2v) is 4.57. The maximum absolute atomic E-state index is 11.8. The summed E-state index contributed by atoms with van der Waals surface area (Å²) in [6, 6.07) is 0. The molecule has 3 nitrogen and oxygen atoms in total. The predicted octanol–water partition coefficient (Wildman–Crippen LogP) is 2.96. The Morgan fingerprint density at radius 3 is 2.65 bits per heavy atom. The summed E-state index contributed by atoms with van der Waals surface area (Å²) in [4.78, 5) is 11.8. The average Bonchev–Trinajstić information content (AvgIpc) is 2.34. The van der Waals surface area contributed by atoms with Gasteiger partial charge in [0.2, 0.25) is 5.91 Å². The van der Waals surface area contributed by atoms with Crippen LogP contribution in [0.4, 0.5) is 0 Å². The van der Waals surface area contributed by atoms with E-state index in [1.807, 2.05) is 0 Å². The molecule has 0 spiro atoms. The van der Waals surface area contributed by atoms with Crippen molar-refractivity contribution < 1.29 is 9.53 Å². The van der Waals surface area contributed by atoms with Crippen LogP contribution in [0.1, 0.15) is 46.0 Å². The highest BCUT2D eigenvalue weighted by Gasteiger charge is 2.14. The summed E-state index contributed by atoms with van der Waals surface area (Å²) < 4.78 is 5.23. The number of ether oxygens (including phenoxy) is 1. The normalized spacial score (nSPS) is 12.4. The third kappa shape index (κ3) is 9.42. The van der Waals surface area contributed by atoms with E-state index in [4.69, 9.17) is 16.3 Å². The fourth-order valence-electron chi connectivity index (χ4n) is 1.66. The molecule has 1 unspecified atom stereocenters. The fraction of sp³-hybridized carbons (Fsp3) is 0.923. The molecule has 0 bridgehead atoms. The van der Waals surface area contributed by atoms with E-state index < -0.39 is 0 Å². The maximum Gasteiger partial charge on any atom is 0.223 e. The van der Waals surface area contributed by atoms with Crippen molar-refractivity contribution in [3.8, 4) is 0 Å². The Morgan fingerprint density at radius 2 is 2.06 bits per heavy atom. The topological polar surface area (TPSA) is 38.3 Å². The molecule has 0 aliphatic heterocycles. The molecule has 0 aliphatic rings. The van der Waals surface area contributed by atoms with Crippen molar-refractivity contribution in [3.05, 3.63) is 0 Å². The summed E-state index contributed by atoms with van der Waals surface area (Å²) in [6.07, 6.45) is 5.06. The number of nitrogens with one attached hydrogen (secondary N) is 1. The first-order chi connectivity index (χ1) is 8.26. The van der Waals surface area contributed by atoms with Crippen LogP contribution < -0.4 is 5.32 Å². The molecular formula is C13H26ClNO2. The first-order valence-electron chi connectivity index (χ1n) is 6.67. The number of alkyl halides is 1. The van der Waals surface area contributed by atoms with Gasteiger partial charge < -0.3 is 10.1 Å². The molecule has 1 amide bonds. The summed E-state index contributed by atoms with van der Waals surface area (Å²) in [5.41, 5.74) is 0. The molecule has 0 heterocycles. The monoisotopic (exact) mass is 263 g/mol. The van der Waals surface area contributed by atoms with Crippen LogP contribution in [-0.4, -0.2) is 31.5 Å². The minimum absolute atomic E-state index is 0.179. The van der Waals surface area contributed by atoms with Crippen LogP contribution in [0.5, 0.6) is 0 Å². The van der Waals surface area contributed by atoms with Gasteiger partial charge in [-0.15, -0.1) is 11.6 Å². The van der Waals surface area contributed by atoms with E-state index in [9.17, 15) is 4.79 Å². The Labute approximate surface area is 110 Å². The Hall–Kier alpha value is -0.280. The van der Waals surface area contributed by atoms with Gasteiger partial charge in [-0.2, -0.15) is 0 Å². The van der Waals surface area contributed by atoms with Gasteiger partial charge >= 0.3 is 0 Å². The van der Waals surface area contributed by atoms with Crippen molar-refractivity contribution in [1.29, 1.82) is 0 Å². The zero-order valence-electron chi connectivity index (χ0n) is 11.1. The minimum atomic E-state index is 0.179. The molecule has 0 aromatic carbocycles. The SMILES string of the molecule is CCCCC(CC)C(=O)NCCCOCCCl. The van der Waals surface area contributed by atoms with Crippen molar-refractivity contribution in [2.24, 2.45) is 5.92 Å². The smallest absolute Gasteiger partial charge is 0.223 e. The molecule has 4 heteroatoms. The van der Waals surface area contributed by atoms with Crippen molar-refractivity contribution in [1.82, 2.24) is 5.32 Å². The van der Waals surface area contributed by atoms with Crippen LogP contribution in [0.2, 0.25) is 0 Å². The molecule has 0 rings (SSSR count). The summed E-state index contributed by atoms with van der Waals surface area (Å²) in [7, 11) is 0. The fourth-order valence-corrected chi connectivity index (χ4v) is 1.77. The number of unbranched alkanes of at least 4 members (excludes halogenated alkanes) is 1. The van der Waals surface area contributed by atoms with Gasteiger partial charge in [0.05, 0.1) is 6.61 Å². The van der Waals surface area contributed by atoms with E-state index in [0.29, 0.717) is 25.6 Å². The molecule has 1 N–H and O–H groups in total. The number of carbonyl (C=O) groups excluding carboxylic acids is 1. The number of hydrogen-bond acceptors (Lipinski definition) is 2. The van der Waals surface area contributed by atoms with E-state index in [2.05, 4.69) is 19.2 Å². The Bertz CT molecular complexity index is 188. The van der Waals surface area contributed by atoms with E-state index in [1.54, 1.807) is 0 Å². The molecular weight excluding hydrogens is 238 g/mol. The van der Waals surface area contributed by atoms with Gasteiger partial charge in [0, 0.05) is 24.9 Å². The molecule has 0 saturated heterocycles. The van der Waals surface area contributed by atoms with Crippen LogP contribution in [0.15, 0.2) is 0 Å². The second-order valence-electron chi connectivity index (χ2n) is 4.19. The molecule has 0 aliphatic carbocycles. The first kappa shape index (κ1) is 16.7. The van der Waals surface area contributed by atoms with Crippen LogP contribution >= 0.6 is 11.6 Å². The van der Waals surface area contributed by atoms with Crippen molar-refractivity contribution in [3.63, 3.8) is 0 Å². The van der Waals surface area contributed by atoms with Crippen LogP contribution in [0.3, 0.4) is 0 Å². The third-order valence-corrected chi connectivity index (χ3v) is 2.91. The minimum Gasteiger partial charge on any atom is -0.380 e. The van der Waals surface area contributed by atoms with Crippen LogP contribution in [0.25, 0.3) is 0 Å². The van der Waals surface area contributed by atoms with Crippen molar-refractivity contribution in [2.45, 2.75) is 46.0 Å². The average molecular weight is 264 g/mol. The molecule has 0 aromatic heterocycles. The van der Waals surface area contributed by atoms with E-state index in [0.717, 1.165) is 32.1 Å². The van der Waals surface area contributed by atoms with Gasteiger partial charge in [0.25, 0.3) is 0 Å². The molecule has 0 saturated carbocycles. The number of amides is 1. The van der Waals surface area contributed by atoms with E-state index >= 15 is 0 Å². The lowest BCUT2D eigenvalue weighted by Crippen LogP contribution is -2.31. The lowest BCUT2D eigenvalue weighted by atomic mass is 9.98. The zero-order chi connectivity index (χ0) is 12.9. The second kappa shape index (κ2) is 12.2. The molecule has 0 aromatic rings. The number of halogens is 1. The highest BCUT2D eigenvalue weighted by molar-refractivity contribution is 6.17. The summed E-state index contributed by atoms with van der Waals surface area (Å²) in [5.74, 6) is 0.901. The first-order valence-corrected chi connectivity index (χ1v) is 7.21. The van der Waals surface area contributed by atoms with Crippen molar-refractivity contribution >= 4 is 17.5 Å². The lowest BCUT2D eigenvalue weighted by Gasteiger charge is -2.14. The van der Waals surface area contributed by atoms with E-state index in [1.165, 1.54) is 0 Å². The van der Waals surface area contributed by atoms with E-state index in [-0.39, 0.29) is 11.8 Å². The maximum atomic E-state index is 11.8. The summed E-state index contributed by atoms with van der Waals surface area (Å²) >= 11 is 5.48. The van der Waals surface area contributed by atoms with Gasteiger partial charge in [-0.25, -0.2) is 0 Å².